The van der Waals surface area contributed by atoms with Gasteiger partial charge in [0.25, 0.3) is 5.56 Å². The fourth-order valence-corrected chi connectivity index (χ4v) is 5.29. The second-order valence-electron chi connectivity index (χ2n) is 7.90. The van der Waals surface area contributed by atoms with Crippen LogP contribution in [0.5, 0.6) is 0 Å². The summed E-state index contributed by atoms with van der Waals surface area (Å²) in [6.45, 7) is 3.01. The molecule has 0 unspecified atom stereocenters. The van der Waals surface area contributed by atoms with Crippen molar-refractivity contribution < 1.29 is 17.9 Å². The average molecular weight is 396 g/mol. The van der Waals surface area contributed by atoms with Gasteiger partial charge in [0.1, 0.15) is 6.54 Å². The Morgan fingerprint density at radius 3 is 2.96 bits per heavy atom. The number of nitrogens with one attached hydrogen (secondary N) is 1. The van der Waals surface area contributed by atoms with E-state index in [0.717, 1.165) is 19.1 Å². The number of hydrogen-bond acceptors (Lipinski definition) is 6. The number of fused-ring (bicyclic) bond motifs is 1. The summed E-state index contributed by atoms with van der Waals surface area (Å²) in [5.41, 5.74) is -0.0121. The third kappa shape index (κ3) is 3.41. The topological polar surface area (TPSA) is 111 Å². The van der Waals surface area contributed by atoms with Crippen molar-refractivity contribution in [3.8, 4) is 0 Å². The predicted octanol–water partition coefficient (Wildman–Crippen LogP) is -0.893. The first-order valence-corrected chi connectivity index (χ1v) is 11.0. The van der Waals surface area contributed by atoms with Crippen molar-refractivity contribution in [2.75, 3.05) is 25.9 Å². The zero-order chi connectivity index (χ0) is 19.4. The minimum Gasteiger partial charge on any atom is -0.369 e. The number of ether oxygens (including phenoxy) is 1. The van der Waals surface area contributed by atoms with E-state index in [1.54, 1.807) is 17.9 Å². The van der Waals surface area contributed by atoms with Crippen molar-refractivity contribution in [2.45, 2.75) is 38.0 Å². The highest BCUT2D eigenvalue weighted by Gasteiger charge is 2.63. The van der Waals surface area contributed by atoms with E-state index in [4.69, 9.17) is 4.74 Å². The number of nitrogens with zero attached hydrogens (tertiary/aromatic N) is 3. The Morgan fingerprint density at radius 1 is 1.44 bits per heavy atom. The van der Waals surface area contributed by atoms with Crippen LogP contribution in [0.3, 0.4) is 0 Å². The van der Waals surface area contributed by atoms with Gasteiger partial charge in [0.05, 0.1) is 30.2 Å². The third-order valence-corrected chi connectivity index (χ3v) is 6.69. The van der Waals surface area contributed by atoms with Gasteiger partial charge in [0.2, 0.25) is 15.9 Å². The summed E-state index contributed by atoms with van der Waals surface area (Å²) in [6, 6.07) is 3.03. The molecule has 3 fully saturated rings. The van der Waals surface area contributed by atoms with Crippen LogP contribution in [0.15, 0.2) is 16.9 Å². The van der Waals surface area contributed by atoms with Crippen LogP contribution in [0.25, 0.3) is 0 Å². The SMILES string of the molecule is Cc1ccc(=O)n(CC(=O)N2C[C@@H]3[C@H](CNS(C)(=O)=O)[C@H]4CC[C@]3(C2)O4)n1. The molecule has 148 valence electrons. The lowest BCUT2D eigenvalue weighted by molar-refractivity contribution is -0.132. The van der Waals surface area contributed by atoms with Crippen molar-refractivity contribution >= 4 is 15.9 Å². The Hall–Kier alpha value is -1.78. The Bertz CT molecular complexity index is 929. The molecule has 1 spiro atoms. The van der Waals surface area contributed by atoms with Gasteiger partial charge in [-0.2, -0.15) is 5.10 Å². The summed E-state index contributed by atoms with van der Waals surface area (Å²) in [6.07, 6.45) is 2.95. The molecule has 1 aromatic rings. The van der Waals surface area contributed by atoms with Gasteiger partial charge in [0, 0.05) is 31.0 Å². The molecular weight excluding hydrogens is 372 g/mol. The highest BCUT2D eigenvalue weighted by molar-refractivity contribution is 7.88. The number of likely N-dealkylation sites (tertiary alicyclic amines) is 1. The van der Waals surface area contributed by atoms with Gasteiger partial charge in [0.15, 0.2) is 0 Å². The van der Waals surface area contributed by atoms with Crippen LogP contribution in [-0.2, 0) is 26.1 Å². The Balaban J connectivity index is 1.47. The summed E-state index contributed by atoms with van der Waals surface area (Å²) < 4.78 is 32.9. The maximum Gasteiger partial charge on any atom is 0.267 e. The largest absolute Gasteiger partial charge is 0.369 e. The van der Waals surface area contributed by atoms with E-state index in [0.29, 0.717) is 25.3 Å². The molecule has 1 N–H and O–H groups in total. The van der Waals surface area contributed by atoms with E-state index in [2.05, 4.69) is 9.82 Å². The highest BCUT2D eigenvalue weighted by Crippen LogP contribution is 2.54. The first kappa shape index (κ1) is 18.6. The fourth-order valence-electron chi connectivity index (χ4n) is 4.79. The van der Waals surface area contributed by atoms with Crippen molar-refractivity contribution in [1.82, 2.24) is 19.4 Å². The first-order chi connectivity index (χ1) is 12.7. The van der Waals surface area contributed by atoms with E-state index in [1.807, 2.05) is 0 Å². The molecule has 1 amide bonds. The minimum absolute atomic E-state index is 0.0440. The van der Waals surface area contributed by atoms with Gasteiger partial charge in [-0.25, -0.2) is 17.8 Å². The van der Waals surface area contributed by atoms with Crippen LogP contribution < -0.4 is 10.3 Å². The fraction of sp³-hybridized carbons (Fsp3) is 0.706. The van der Waals surface area contributed by atoms with Crippen molar-refractivity contribution in [3.05, 3.63) is 28.2 Å². The van der Waals surface area contributed by atoms with Gasteiger partial charge in [-0.15, -0.1) is 0 Å². The van der Waals surface area contributed by atoms with Gasteiger partial charge in [-0.3, -0.25) is 9.59 Å². The van der Waals surface area contributed by atoms with Crippen LogP contribution in [0.4, 0.5) is 0 Å². The molecule has 0 saturated carbocycles. The van der Waals surface area contributed by atoms with Gasteiger partial charge in [-0.05, 0) is 25.8 Å². The van der Waals surface area contributed by atoms with E-state index in [9.17, 15) is 18.0 Å². The number of hydrogen-bond donors (Lipinski definition) is 1. The standard InChI is InChI=1S/C17H24N4O5S/c1-11-3-4-15(22)21(19-11)9-16(23)20-8-13-12(7-18-27(2,24)25)14-5-6-17(13,10-20)26-14/h3-4,12-14,18H,5-10H2,1-2H3/t12-,13+,14+,17+/m0/s1. The number of rotatable bonds is 5. The monoisotopic (exact) mass is 396 g/mol. The molecule has 4 heterocycles. The molecule has 3 saturated heterocycles. The Kier molecular flexibility index (Phi) is 4.39. The summed E-state index contributed by atoms with van der Waals surface area (Å²) in [5, 5.41) is 4.12. The van der Waals surface area contributed by atoms with Crippen LogP contribution in [0, 0.1) is 18.8 Å². The lowest BCUT2D eigenvalue weighted by Crippen LogP contribution is -2.41. The lowest BCUT2D eigenvalue weighted by atomic mass is 9.74. The molecular formula is C17H24N4O5S. The number of amides is 1. The van der Waals surface area contributed by atoms with E-state index in [-0.39, 0.29) is 41.6 Å². The van der Waals surface area contributed by atoms with Crippen molar-refractivity contribution in [3.63, 3.8) is 0 Å². The molecule has 2 bridgehead atoms. The summed E-state index contributed by atoms with van der Waals surface area (Å²) >= 11 is 0. The molecule has 27 heavy (non-hydrogen) atoms. The zero-order valence-electron chi connectivity index (χ0n) is 15.4. The molecule has 1 aromatic heterocycles. The smallest absolute Gasteiger partial charge is 0.267 e. The summed E-state index contributed by atoms with van der Waals surface area (Å²) in [5.74, 6) is 0.00331. The quantitative estimate of drug-likeness (QED) is 0.691. The van der Waals surface area contributed by atoms with Crippen LogP contribution in [0.1, 0.15) is 18.5 Å². The normalized spacial score (nSPS) is 32.1. The Labute approximate surface area is 157 Å². The van der Waals surface area contributed by atoms with E-state index in [1.165, 1.54) is 10.7 Å². The van der Waals surface area contributed by atoms with Crippen LogP contribution in [0.2, 0.25) is 0 Å². The summed E-state index contributed by atoms with van der Waals surface area (Å²) in [4.78, 5) is 26.4. The number of carbonyl (C=O) groups excluding carboxylic acids is 1. The zero-order valence-corrected chi connectivity index (χ0v) is 16.2. The average Bonchev–Trinajstić information content (AvgIpc) is 3.23. The van der Waals surface area contributed by atoms with E-state index >= 15 is 0 Å². The van der Waals surface area contributed by atoms with Gasteiger partial charge >= 0.3 is 0 Å². The highest BCUT2D eigenvalue weighted by atomic mass is 32.2. The van der Waals surface area contributed by atoms with Crippen LogP contribution >= 0.6 is 0 Å². The van der Waals surface area contributed by atoms with E-state index < -0.39 is 10.0 Å². The number of sulfonamides is 1. The number of aryl methyl sites for hydroxylation is 1. The molecule has 4 atom stereocenters. The third-order valence-electron chi connectivity index (χ3n) is 6.00. The first-order valence-electron chi connectivity index (χ1n) is 9.12. The molecule has 0 aliphatic carbocycles. The number of carbonyl (C=O) groups is 1. The maximum atomic E-state index is 12.8. The van der Waals surface area contributed by atoms with Gasteiger partial charge in [-0.1, -0.05) is 0 Å². The molecule has 0 aromatic carbocycles. The van der Waals surface area contributed by atoms with Crippen molar-refractivity contribution in [2.24, 2.45) is 11.8 Å². The lowest BCUT2D eigenvalue weighted by Gasteiger charge is -2.29. The van der Waals surface area contributed by atoms with Gasteiger partial charge < -0.3 is 9.64 Å². The van der Waals surface area contributed by atoms with Crippen molar-refractivity contribution in [1.29, 1.82) is 0 Å². The molecule has 0 radical (unpaired) electrons. The molecule has 3 aliphatic heterocycles. The number of aromatic nitrogens is 2. The molecule has 10 heteroatoms. The second-order valence-corrected chi connectivity index (χ2v) is 9.73. The van der Waals surface area contributed by atoms with Crippen LogP contribution in [-0.4, -0.2) is 66.6 Å². The Morgan fingerprint density at radius 2 is 2.22 bits per heavy atom. The molecule has 3 aliphatic rings. The molecule has 9 nitrogen and oxygen atoms in total. The summed E-state index contributed by atoms with van der Waals surface area (Å²) in [7, 11) is -3.27. The second kappa shape index (κ2) is 6.39. The predicted molar refractivity (Wildman–Crippen MR) is 96.5 cm³/mol. The molecule has 4 rings (SSSR count). The minimum atomic E-state index is -3.27. The maximum absolute atomic E-state index is 12.8.